The molecule has 0 spiro atoms. The molecule has 2 N–H and O–H groups in total. The molecular weight excluding hydrogens is 252 g/mol. The largest absolute Gasteiger partial charge is 0.484 e. The summed E-state index contributed by atoms with van der Waals surface area (Å²) in [4.78, 5) is 13.1. The fraction of sp³-hybridized carbons (Fsp3) is 0.562. The molecule has 112 valence electrons. The van der Waals surface area contributed by atoms with Gasteiger partial charge in [0.05, 0.1) is 20.6 Å². The minimum absolute atomic E-state index is 0.0650. The Morgan fingerprint density at radius 1 is 1.25 bits per heavy atom. The van der Waals surface area contributed by atoms with E-state index in [-0.39, 0.29) is 12.5 Å². The lowest BCUT2D eigenvalue weighted by molar-refractivity contribution is -0.861. The lowest BCUT2D eigenvalue weighted by Crippen LogP contribution is -3.06. The Kier molecular flexibility index (Phi) is 6.52. The van der Waals surface area contributed by atoms with Gasteiger partial charge in [-0.25, -0.2) is 0 Å². The van der Waals surface area contributed by atoms with Crippen molar-refractivity contribution in [2.24, 2.45) is 5.92 Å². The Balaban J connectivity index is 2.32. The van der Waals surface area contributed by atoms with Crippen molar-refractivity contribution in [2.75, 3.05) is 33.8 Å². The Bertz CT molecular complexity index is 424. The van der Waals surface area contributed by atoms with Crippen molar-refractivity contribution >= 4 is 5.91 Å². The van der Waals surface area contributed by atoms with E-state index in [4.69, 9.17) is 4.74 Å². The van der Waals surface area contributed by atoms with Gasteiger partial charge in [-0.15, -0.1) is 0 Å². The zero-order valence-electron chi connectivity index (χ0n) is 13.2. The third kappa shape index (κ3) is 6.57. The fourth-order valence-electron chi connectivity index (χ4n) is 2.27. The third-order valence-electron chi connectivity index (χ3n) is 2.97. The molecule has 1 aromatic rings. The Morgan fingerprint density at radius 3 is 2.40 bits per heavy atom. The zero-order chi connectivity index (χ0) is 15.1. The predicted octanol–water partition coefficient (Wildman–Crippen LogP) is 0.579. The van der Waals surface area contributed by atoms with Gasteiger partial charge in [0.15, 0.2) is 6.61 Å². The van der Waals surface area contributed by atoms with Gasteiger partial charge in [-0.2, -0.15) is 0 Å². The highest BCUT2D eigenvalue weighted by Gasteiger charge is 2.09. The molecular formula is C16H27N2O2+. The Morgan fingerprint density at radius 2 is 1.85 bits per heavy atom. The highest BCUT2D eigenvalue weighted by atomic mass is 16.5. The van der Waals surface area contributed by atoms with Crippen molar-refractivity contribution in [3.8, 4) is 5.75 Å². The summed E-state index contributed by atoms with van der Waals surface area (Å²) in [5.41, 5.74) is 2.28. The molecule has 1 amide bonds. The molecule has 0 aliphatic rings. The molecule has 4 heteroatoms. The molecule has 1 rings (SSSR count). The number of aryl methyl sites for hydroxylation is 2. The number of ether oxygens (including phenoxy) is 1. The molecule has 4 nitrogen and oxygen atoms in total. The second kappa shape index (κ2) is 7.90. The number of nitrogens with one attached hydrogen (secondary N) is 2. The average molecular weight is 279 g/mol. The van der Waals surface area contributed by atoms with Gasteiger partial charge in [0.1, 0.15) is 5.75 Å². The maximum Gasteiger partial charge on any atom is 0.257 e. The molecule has 0 fully saturated rings. The molecule has 0 unspecified atom stereocenters. The van der Waals surface area contributed by atoms with Crippen molar-refractivity contribution in [3.05, 3.63) is 29.3 Å². The smallest absolute Gasteiger partial charge is 0.257 e. The second-order valence-electron chi connectivity index (χ2n) is 5.93. The summed E-state index contributed by atoms with van der Waals surface area (Å²) in [6.07, 6.45) is 0. The number of carbonyl (C=O) groups excluding carboxylic acids is 1. The SMILES string of the molecule is Cc1cc(C)cc(OCC(=O)NC[C@@H](C)C[NH+](C)C)c1. The van der Waals surface area contributed by atoms with Crippen molar-refractivity contribution in [1.82, 2.24) is 5.32 Å². The monoisotopic (exact) mass is 279 g/mol. The van der Waals surface area contributed by atoms with Gasteiger partial charge < -0.3 is 15.0 Å². The zero-order valence-corrected chi connectivity index (χ0v) is 13.2. The molecule has 20 heavy (non-hydrogen) atoms. The first-order valence-corrected chi connectivity index (χ1v) is 7.13. The summed E-state index contributed by atoms with van der Waals surface area (Å²) in [7, 11) is 4.23. The van der Waals surface area contributed by atoms with Gasteiger partial charge in [0.25, 0.3) is 5.91 Å². The van der Waals surface area contributed by atoms with Crippen LogP contribution < -0.4 is 15.0 Å². The lowest BCUT2D eigenvalue weighted by Gasteiger charge is -2.15. The molecule has 0 bridgehead atoms. The van der Waals surface area contributed by atoms with Crippen LogP contribution in [0.3, 0.4) is 0 Å². The first-order chi connectivity index (χ1) is 9.36. The number of benzene rings is 1. The predicted molar refractivity (Wildman–Crippen MR) is 81.3 cm³/mol. The van der Waals surface area contributed by atoms with Gasteiger partial charge in [-0.05, 0) is 37.1 Å². The van der Waals surface area contributed by atoms with Crippen LogP contribution in [0, 0.1) is 19.8 Å². The van der Waals surface area contributed by atoms with E-state index in [0.717, 1.165) is 23.4 Å². The van der Waals surface area contributed by atoms with Crippen LogP contribution in [0.5, 0.6) is 5.75 Å². The van der Waals surface area contributed by atoms with E-state index >= 15 is 0 Å². The van der Waals surface area contributed by atoms with Crippen molar-refractivity contribution < 1.29 is 14.4 Å². The maximum absolute atomic E-state index is 11.7. The van der Waals surface area contributed by atoms with Crippen LogP contribution in [0.2, 0.25) is 0 Å². The van der Waals surface area contributed by atoms with Crippen LogP contribution >= 0.6 is 0 Å². The van der Waals surface area contributed by atoms with Crippen LogP contribution in [0.15, 0.2) is 18.2 Å². The van der Waals surface area contributed by atoms with Crippen LogP contribution in [0.25, 0.3) is 0 Å². The van der Waals surface area contributed by atoms with Gasteiger partial charge in [-0.1, -0.05) is 13.0 Å². The van der Waals surface area contributed by atoms with Gasteiger partial charge in [0, 0.05) is 12.5 Å². The summed E-state index contributed by atoms with van der Waals surface area (Å²) in [6.45, 7) is 7.98. The highest BCUT2D eigenvalue weighted by Crippen LogP contribution is 2.15. The Labute approximate surface area is 122 Å². The molecule has 1 atom stereocenters. The van der Waals surface area contributed by atoms with E-state index in [2.05, 4.69) is 32.4 Å². The van der Waals surface area contributed by atoms with Crippen molar-refractivity contribution in [1.29, 1.82) is 0 Å². The number of hydrogen-bond donors (Lipinski definition) is 2. The minimum Gasteiger partial charge on any atom is -0.484 e. The highest BCUT2D eigenvalue weighted by molar-refractivity contribution is 5.77. The van der Waals surface area contributed by atoms with Crippen LogP contribution in [-0.4, -0.2) is 39.7 Å². The number of amides is 1. The summed E-state index contributed by atoms with van der Waals surface area (Å²) in [5.74, 6) is 1.15. The number of carbonyl (C=O) groups is 1. The van der Waals surface area contributed by atoms with E-state index in [1.807, 2.05) is 26.0 Å². The first-order valence-electron chi connectivity index (χ1n) is 7.13. The quantitative estimate of drug-likeness (QED) is 0.767. The summed E-state index contributed by atoms with van der Waals surface area (Å²) in [6, 6.07) is 5.97. The number of quaternary nitrogens is 1. The van der Waals surface area contributed by atoms with Crippen molar-refractivity contribution in [3.63, 3.8) is 0 Å². The molecule has 0 saturated carbocycles. The van der Waals surface area contributed by atoms with Crippen molar-refractivity contribution in [2.45, 2.75) is 20.8 Å². The summed E-state index contributed by atoms with van der Waals surface area (Å²) < 4.78 is 5.53. The van der Waals surface area contributed by atoms with E-state index < -0.39 is 0 Å². The summed E-state index contributed by atoms with van der Waals surface area (Å²) in [5, 5.41) is 2.91. The molecule has 0 radical (unpaired) electrons. The van der Waals surface area contributed by atoms with Crippen LogP contribution in [0.1, 0.15) is 18.1 Å². The van der Waals surface area contributed by atoms with Gasteiger partial charge in [0.2, 0.25) is 0 Å². The summed E-state index contributed by atoms with van der Waals surface area (Å²) >= 11 is 0. The molecule has 0 aromatic heterocycles. The molecule has 0 heterocycles. The van der Waals surface area contributed by atoms with E-state index in [0.29, 0.717) is 12.5 Å². The standard InChI is InChI=1S/C16H26N2O2/c1-12-6-13(2)8-15(7-12)20-11-16(19)17-9-14(3)10-18(4)5/h6-8,14H,9-11H2,1-5H3,(H,17,19)/p+1/t14-/m1/s1. The molecule has 0 aliphatic heterocycles. The van der Waals surface area contributed by atoms with Gasteiger partial charge in [-0.3, -0.25) is 4.79 Å². The van der Waals surface area contributed by atoms with Crippen LogP contribution in [0.4, 0.5) is 0 Å². The third-order valence-corrected chi connectivity index (χ3v) is 2.97. The average Bonchev–Trinajstić information content (AvgIpc) is 2.32. The molecule has 0 aliphatic carbocycles. The van der Waals surface area contributed by atoms with E-state index in [1.54, 1.807) is 0 Å². The maximum atomic E-state index is 11.7. The normalized spacial score (nSPS) is 12.3. The molecule has 1 aromatic carbocycles. The second-order valence-corrected chi connectivity index (χ2v) is 5.93. The lowest BCUT2D eigenvalue weighted by atomic mass is 10.1. The number of hydrogen-bond acceptors (Lipinski definition) is 2. The Hall–Kier alpha value is -1.55. The topological polar surface area (TPSA) is 42.8 Å². The van der Waals surface area contributed by atoms with Crippen LogP contribution in [-0.2, 0) is 4.79 Å². The van der Waals surface area contributed by atoms with E-state index in [1.165, 1.54) is 4.90 Å². The first kappa shape index (κ1) is 16.5. The fourth-order valence-corrected chi connectivity index (χ4v) is 2.27. The minimum atomic E-state index is -0.0650. The molecule has 0 saturated heterocycles. The van der Waals surface area contributed by atoms with Gasteiger partial charge >= 0.3 is 0 Å². The number of rotatable bonds is 7. The van der Waals surface area contributed by atoms with E-state index in [9.17, 15) is 4.79 Å².